The molecule has 7 nitrogen and oxygen atoms in total. The Hall–Kier alpha value is -1.18. The van der Waals surface area contributed by atoms with Crippen molar-refractivity contribution >= 4 is 11.8 Å². The molecular formula is C13H21N3O4. The molecule has 0 aromatic heterocycles. The number of hydrogen-bond donors (Lipinski definition) is 1. The molecule has 1 atom stereocenters. The fourth-order valence-corrected chi connectivity index (χ4v) is 2.92. The van der Waals surface area contributed by atoms with Gasteiger partial charge in [-0.3, -0.25) is 9.59 Å². The molecule has 0 bridgehead atoms. The lowest BCUT2D eigenvalue weighted by Crippen LogP contribution is -2.59. The van der Waals surface area contributed by atoms with Gasteiger partial charge < -0.3 is 15.1 Å². The Bertz CT molecular complexity index is 400. The van der Waals surface area contributed by atoms with E-state index in [1.807, 2.05) is 11.8 Å². The van der Waals surface area contributed by atoms with Gasteiger partial charge in [0.1, 0.15) is 12.2 Å². The second kappa shape index (κ2) is 5.31. The average Bonchev–Trinajstić information content (AvgIpc) is 2.42. The molecule has 1 spiro atoms. The summed E-state index contributed by atoms with van der Waals surface area (Å²) in [4.78, 5) is 37.7. The van der Waals surface area contributed by atoms with Crippen LogP contribution in [0.25, 0.3) is 0 Å². The van der Waals surface area contributed by atoms with Crippen molar-refractivity contribution in [3.8, 4) is 0 Å². The Balaban J connectivity index is 1.50. The molecule has 20 heavy (non-hydrogen) atoms. The summed E-state index contributed by atoms with van der Waals surface area (Å²) in [6, 6.07) is -0.193. The second-order valence-corrected chi connectivity index (χ2v) is 5.84. The lowest BCUT2D eigenvalue weighted by Gasteiger charge is -2.45. The first-order valence-corrected chi connectivity index (χ1v) is 7.20. The third-order valence-corrected chi connectivity index (χ3v) is 4.43. The van der Waals surface area contributed by atoms with Crippen LogP contribution in [0.15, 0.2) is 0 Å². The molecular weight excluding hydrogens is 262 g/mol. The molecule has 7 heteroatoms. The van der Waals surface area contributed by atoms with Gasteiger partial charge in [-0.25, -0.2) is 9.78 Å². The van der Waals surface area contributed by atoms with Crippen LogP contribution >= 0.6 is 0 Å². The average molecular weight is 283 g/mol. The van der Waals surface area contributed by atoms with Crippen molar-refractivity contribution in [2.24, 2.45) is 0 Å². The number of rotatable bonds is 2. The quantitative estimate of drug-likeness (QED) is 0.667. The van der Waals surface area contributed by atoms with Crippen LogP contribution in [0, 0.1) is 0 Å². The molecule has 3 saturated heterocycles. The van der Waals surface area contributed by atoms with Gasteiger partial charge in [-0.2, -0.15) is 0 Å². The number of carbonyl (C=O) groups is 2. The fraction of sp³-hybridized carbons (Fsp3) is 0.846. The molecule has 3 aliphatic rings. The molecule has 0 aliphatic carbocycles. The Morgan fingerprint density at radius 2 is 2.10 bits per heavy atom. The minimum Gasteiger partial charge on any atom is -0.341 e. The van der Waals surface area contributed by atoms with Gasteiger partial charge in [0.15, 0.2) is 0 Å². The molecule has 0 radical (unpaired) electrons. The van der Waals surface area contributed by atoms with Crippen LogP contribution in [0.3, 0.4) is 0 Å². The summed E-state index contributed by atoms with van der Waals surface area (Å²) < 4.78 is 0. The van der Waals surface area contributed by atoms with Crippen LogP contribution in [0.2, 0.25) is 0 Å². The highest BCUT2D eigenvalue weighted by molar-refractivity contribution is 5.87. The number of piperazine rings is 1. The van der Waals surface area contributed by atoms with Crippen molar-refractivity contribution in [1.82, 2.24) is 15.1 Å². The Labute approximate surface area is 118 Å². The summed E-state index contributed by atoms with van der Waals surface area (Å²) in [5, 5.41) is 3.09. The Morgan fingerprint density at radius 3 is 2.70 bits per heavy atom. The van der Waals surface area contributed by atoms with E-state index < -0.39 is 0 Å². The SMILES string of the molecule is CC1NCCN(CC(=O)N2CCC3(CC2)COO3)C1=O. The topological polar surface area (TPSA) is 71.1 Å². The number of nitrogens with one attached hydrogen (secondary N) is 1. The summed E-state index contributed by atoms with van der Waals surface area (Å²) in [5.74, 6) is 0.0383. The maximum Gasteiger partial charge on any atom is 0.242 e. The zero-order valence-electron chi connectivity index (χ0n) is 11.8. The zero-order valence-corrected chi connectivity index (χ0v) is 11.8. The van der Waals surface area contributed by atoms with E-state index in [2.05, 4.69) is 5.32 Å². The van der Waals surface area contributed by atoms with Crippen molar-refractivity contribution in [3.63, 3.8) is 0 Å². The van der Waals surface area contributed by atoms with E-state index in [0.29, 0.717) is 26.2 Å². The number of amides is 2. The van der Waals surface area contributed by atoms with Gasteiger partial charge in [0, 0.05) is 26.2 Å². The zero-order chi connectivity index (χ0) is 14.2. The fourth-order valence-electron chi connectivity index (χ4n) is 2.92. The summed E-state index contributed by atoms with van der Waals surface area (Å²) in [6.07, 6.45) is 1.62. The lowest BCUT2D eigenvalue weighted by molar-refractivity contribution is -0.476. The van der Waals surface area contributed by atoms with E-state index >= 15 is 0 Å². The van der Waals surface area contributed by atoms with E-state index in [1.165, 1.54) is 0 Å². The molecule has 2 amide bonds. The standard InChI is InChI=1S/C13H21N3O4/c1-10-12(18)16(7-4-14-10)8-11(17)15-5-2-13(3-6-15)9-19-20-13/h10,14H,2-9H2,1H3. The summed E-state index contributed by atoms with van der Waals surface area (Å²) in [6.45, 7) is 5.35. The maximum atomic E-state index is 12.3. The molecule has 3 aliphatic heterocycles. The highest BCUT2D eigenvalue weighted by Gasteiger charge is 2.44. The normalized spacial score (nSPS) is 29.4. The highest BCUT2D eigenvalue weighted by atomic mass is 17.2. The minimum atomic E-state index is -0.193. The number of piperidine rings is 1. The van der Waals surface area contributed by atoms with Gasteiger partial charge in [-0.05, 0) is 19.8 Å². The van der Waals surface area contributed by atoms with Crippen molar-refractivity contribution in [2.45, 2.75) is 31.4 Å². The van der Waals surface area contributed by atoms with Crippen LogP contribution in [0.1, 0.15) is 19.8 Å². The minimum absolute atomic E-state index is 0.00815. The molecule has 0 saturated carbocycles. The molecule has 1 unspecified atom stereocenters. The summed E-state index contributed by atoms with van der Waals surface area (Å²) in [5.41, 5.74) is -0.157. The van der Waals surface area contributed by atoms with E-state index in [0.717, 1.165) is 19.4 Å². The van der Waals surface area contributed by atoms with Gasteiger partial charge >= 0.3 is 0 Å². The first kappa shape index (κ1) is 13.8. The molecule has 3 heterocycles. The smallest absolute Gasteiger partial charge is 0.242 e. The van der Waals surface area contributed by atoms with Gasteiger partial charge in [-0.15, -0.1) is 0 Å². The second-order valence-electron chi connectivity index (χ2n) is 5.84. The maximum absolute atomic E-state index is 12.3. The first-order chi connectivity index (χ1) is 9.60. The number of nitrogens with zero attached hydrogens (tertiary/aromatic N) is 2. The molecule has 3 fully saturated rings. The van der Waals surface area contributed by atoms with Gasteiger partial charge in [0.05, 0.1) is 12.6 Å². The van der Waals surface area contributed by atoms with Crippen LogP contribution in [0.5, 0.6) is 0 Å². The summed E-state index contributed by atoms with van der Waals surface area (Å²) >= 11 is 0. The van der Waals surface area contributed by atoms with Gasteiger partial charge in [0.2, 0.25) is 11.8 Å². The predicted molar refractivity (Wildman–Crippen MR) is 69.6 cm³/mol. The number of carbonyl (C=O) groups excluding carboxylic acids is 2. The van der Waals surface area contributed by atoms with E-state index in [4.69, 9.17) is 9.78 Å². The molecule has 1 N–H and O–H groups in total. The lowest BCUT2D eigenvalue weighted by atomic mass is 9.91. The predicted octanol–water partition coefficient (Wildman–Crippen LogP) is -0.870. The van der Waals surface area contributed by atoms with Crippen LogP contribution < -0.4 is 5.32 Å². The highest BCUT2D eigenvalue weighted by Crippen LogP contribution is 2.33. The number of likely N-dealkylation sites (tertiary alicyclic amines) is 1. The third kappa shape index (κ3) is 2.53. The molecule has 3 rings (SSSR count). The van der Waals surface area contributed by atoms with Crippen LogP contribution in [0.4, 0.5) is 0 Å². The Morgan fingerprint density at radius 1 is 1.40 bits per heavy atom. The number of hydrogen-bond acceptors (Lipinski definition) is 5. The van der Waals surface area contributed by atoms with Crippen LogP contribution in [-0.4, -0.2) is 72.6 Å². The monoisotopic (exact) mass is 283 g/mol. The third-order valence-electron chi connectivity index (χ3n) is 4.43. The molecule has 0 aromatic rings. The largest absolute Gasteiger partial charge is 0.341 e. The first-order valence-electron chi connectivity index (χ1n) is 7.20. The Kier molecular flexibility index (Phi) is 3.66. The summed E-state index contributed by atoms with van der Waals surface area (Å²) in [7, 11) is 0. The van der Waals surface area contributed by atoms with E-state index in [-0.39, 0.29) is 30.0 Å². The van der Waals surface area contributed by atoms with Crippen LogP contribution in [-0.2, 0) is 19.4 Å². The van der Waals surface area contributed by atoms with Gasteiger partial charge in [0.25, 0.3) is 0 Å². The van der Waals surface area contributed by atoms with Crippen molar-refractivity contribution < 1.29 is 19.4 Å². The van der Waals surface area contributed by atoms with E-state index in [1.54, 1.807) is 4.90 Å². The molecule has 0 aromatic carbocycles. The molecule has 112 valence electrons. The van der Waals surface area contributed by atoms with E-state index in [9.17, 15) is 9.59 Å². The van der Waals surface area contributed by atoms with Crippen molar-refractivity contribution in [3.05, 3.63) is 0 Å². The van der Waals surface area contributed by atoms with Gasteiger partial charge in [-0.1, -0.05) is 0 Å². The van der Waals surface area contributed by atoms with Crippen molar-refractivity contribution in [1.29, 1.82) is 0 Å². The van der Waals surface area contributed by atoms with Crippen molar-refractivity contribution in [2.75, 3.05) is 39.3 Å².